The maximum atomic E-state index is 5.78. The maximum absolute atomic E-state index is 5.78. The van der Waals surface area contributed by atoms with Crippen LogP contribution in [0.3, 0.4) is 0 Å². The van der Waals surface area contributed by atoms with Crippen molar-refractivity contribution in [2.75, 3.05) is 0 Å². The quantitative estimate of drug-likeness (QED) is 0.769. The van der Waals surface area contributed by atoms with Crippen LogP contribution in [0.1, 0.15) is 31.7 Å². The van der Waals surface area contributed by atoms with Gasteiger partial charge in [0.1, 0.15) is 11.5 Å². The second kappa shape index (κ2) is 5.91. The summed E-state index contributed by atoms with van der Waals surface area (Å²) in [5.41, 5.74) is 2.80. The lowest BCUT2D eigenvalue weighted by Crippen LogP contribution is -1.85. The summed E-state index contributed by atoms with van der Waals surface area (Å²) in [7, 11) is 0. The van der Waals surface area contributed by atoms with Crippen LogP contribution in [0.2, 0.25) is 0 Å². The number of allylic oxidation sites excluding steroid dienone is 2. The van der Waals surface area contributed by atoms with E-state index < -0.39 is 0 Å². The molecule has 1 unspecified atom stereocenters. The molecule has 1 heterocycles. The average molecular weight is 265 g/mol. The van der Waals surface area contributed by atoms with Gasteiger partial charge in [-0.1, -0.05) is 25.1 Å². The molecule has 0 fully saturated rings. The Balaban J connectivity index is 1.72. The Morgan fingerprint density at radius 1 is 1.05 bits per heavy atom. The highest BCUT2D eigenvalue weighted by atomic mass is 16.5. The largest absolute Gasteiger partial charge is 0.457 e. The molecule has 1 aliphatic rings. The average Bonchev–Trinajstić information content (AvgIpc) is 2.98. The van der Waals surface area contributed by atoms with E-state index in [1.807, 2.05) is 24.3 Å². The number of pyridine rings is 1. The molecule has 0 N–H and O–H groups in total. The molecule has 0 amide bonds. The summed E-state index contributed by atoms with van der Waals surface area (Å²) in [4.78, 5) is 3.98. The lowest BCUT2D eigenvalue weighted by atomic mass is 10.1. The van der Waals surface area contributed by atoms with Gasteiger partial charge in [-0.15, -0.1) is 0 Å². The number of rotatable bonds is 4. The first-order chi connectivity index (χ1) is 9.85. The van der Waals surface area contributed by atoms with Gasteiger partial charge in [-0.3, -0.25) is 4.98 Å². The highest BCUT2D eigenvalue weighted by Gasteiger charge is 2.15. The van der Waals surface area contributed by atoms with E-state index in [-0.39, 0.29) is 0 Å². The molecule has 102 valence electrons. The number of nitrogens with zero attached hydrogens (tertiary/aromatic N) is 1. The molecule has 2 nitrogen and oxygen atoms in total. The van der Waals surface area contributed by atoms with Crippen molar-refractivity contribution in [2.24, 2.45) is 5.92 Å². The van der Waals surface area contributed by atoms with Gasteiger partial charge in [0.15, 0.2) is 0 Å². The van der Waals surface area contributed by atoms with Gasteiger partial charge < -0.3 is 4.74 Å². The Morgan fingerprint density at radius 3 is 2.40 bits per heavy atom. The number of aromatic nitrogens is 1. The summed E-state index contributed by atoms with van der Waals surface area (Å²) in [6.07, 6.45) is 9.63. The van der Waals surface area contributed by atoms with Gasteiger partial charge in [-0.05, 0) is 60.6 Å². The van der Waals surface area contributed by atoms with Crippen molar-refractivity contribution in [3.63, 3.8) is 0 Å². The Labute approximate surface area is 120 Å². The van der Waals surface area contributed by atoms with Crippen LogP contribution in [0.4, 0.5) is 0 Å². The molecule has 20 heavy (non-hydrogen) atoms. The predicted octanol–water partition coefficient (Wildman–Crippen LogP) is 5.08. The molecule has 0 saturated carbocycles. The van der Waals surface area contributed by atoms with E-state index in [2.05, 4.69) is 30.1 Å². The molecular formula is C18H19NO. The lowest BCUT2D eigenvalue weighted by Gasteiger charge is -2.07. The van der Waals surface area contributed by atoms with Crippen molar-refractivity contribution >= 4 is 5.57 Å². The fraction of sp³-hybridized carbons (Fsp3) is 0.278. The molecule has 2 aromatic rings. The second-order valence-electron chi connectivity index (χ2n) is 5.21. The van der Waals surface area contributed by atoms with E-state index in [0.29, 0.717) is 0 Å². The minimum absolute atomic E-state index is 0.762. The monoisotopic (exact) mass is 265 g/mol. The molecule has 1 aliphatic carbocycles. The second-order valence-corrected chi connectivity index (χ2v) is 5.21. The molecule has 1 aromatic heterocycles. The lowest BCUT2D eigenvalue weighted by molar-refractivity contribution is 0.482. The van der Waals surface area contributed by atoms with Crippen LogP contribution in [0.5, 0.6) is 11.5 Å². The number of hydrogen-bond acceptors (Lipinski definition) is 2. The maximum Gasteiger partial charge on any atom is 0.130 e. The Bertz CT molecular complexity index is 587. The molecule has 1 aromatic carbocycles. The highest BCUT2D eigenvalue weighted by Crippen LogP contribution is 2.34. The van der Waals surface area contributed by atoms with Gasteiger partial charge in [0.2, 0.25) is 0 Å². The molecule has 1 atom stereocenters. The van der Waals surface area contributed by atoms with Crippen molar-refractivity contribution in [2.45, 2.75) is 26.2 Å². The van der Waals surface area contributed by atoms with Crippen molar-refractivity contribution < 1.29 is 4.74 Å². The topological polar surface area (TPSA) is 22.1 Å². The molecule has 3 rings (SSSR count). The van der Waals surface area contributed by atoms with Gasteiger partial charge in [0.25, 0.3) is 0 Å². The number of benzene rings is 1. The first kappa shape index (κ1) is 12.9. The zero-order valence-corrected chi connectivity index (χ0v) is 11.8. The van der Waals surface area contributed by atoms with Crippen LogP contribution in [0, 0.1) is 5.92 Å². The van der Waals surface area contributed by atoms with Crippen LogP contribution in [-0.2, 0) is 0 Å². The van der Waals surface area contributed by atoms with Gasteiger partial charge in [0.05, 0.1) is 0 Å². The van der Waals surface area contributed by atoms with Gasteiger partial charge >= 0.3 is 0 Å². The summed E-state index contributed by atoms with van der Waals surface area (Å²) in [6, 6.07) is 12.1. The molecule has 0 spiro atoms. The zero-order chi connectivity index (χ0) is 13.8. The first-order valence-corrected chi connectivity index (χ1v) is 7.24. The van der Waals surface area contributed by atoms with Crippen LogP contribution in [-0.4, -0.2) is 4.98 Å². The fourth-order valence-corrected chi connectivity index (χ4v) is 2.63. The van der Waals surface area contributed by atoms with Crippen LogP contribution < -0.4 is 4.74 Å². The molecule has 0 saturated heterocycles. The van der Waals surface area contributed by atoms with Crippen LogP contribution in [0.25, 0.3) is 5.57 Å². The third kappa shape index (κ3) is 2.90. The van der Waals surface area contributed by atoms with Gasteiger partial charge in [-0.2, -0.15) is 0 Å². The van der Waals surface area contributed by atoms with E-state index >= 15 is 0 Å². The van der Waals surface area contributed by atoms with Crippen LogP contribution >= 0.6 is 0 Å². The van der Waals surface area contributed by atoms with Crippen molar-refractivity contribution in [1.29, 1.82) is 0 Å². The minimum Gasteiger partial charge on any atom is -0.457 e. The minimum atomic E-state index is 0.762. The zero-order valence-electron chi connectivity index (χ0n) is 11.8. The van der Waals surface area contributed by atoms with Gasteiger partial charge in [0, 0.05) is 12.4 Å². The van der Waals surface area contributed by atoms with E-state index in [9.17, 15) is 0 Å². The van der Waals surface area contributed by atoms with Crippen molar-refractivity contribution in [3.05, 3.63) is 60.4 Å². The molecule has 0 aliphatic heterocycles. The summed E-state index contributed by atoms with van der Waals surface area (Å²) in [6.45, 7) is 2.26. The Hall–Kier alpha value is -2.09. The summed E-state index contributed by atoms with van der Waals surface area (Å²) >= 11 is 0. The molecule has 0 radical (unpaired) electrons. The van der Waals surface area contributed by atoms with E-state index in [0.717, 1.165) is 17.4 Å². The first-order valence-electron chi connectivity index (χ1n) is 7.24. The van der Waals surface area contributed by atoms with Gasteiger partial charge in [-0.25, -0.2) is 0 Å². The predicted molar refractivity (Wildman–Crippen MR) is 81.7 cm³/mol. The standard InChI is InChI=1S/C18H19NO/c1-2-14-3-4-16(13-14)15-5-7-17(8-6-15)20-18-9-11-19-12-10-18/h5-14H,2-4H2,1H3. The van der Waals surface area contributed by atoms with E-state index in [1.54, 1.807) is 12.4 Å². The van der Waals surface area contributed by atoms with E-state index in [4.69, 9.17) is 4.74 Å². The molecule has 2 heteroatoms. The molecule has 0 bridgehead atoms. The fourth-order valence-electron chi connectivity index (χ4n) is 2.63. The third-order valence-electron chi connectivity index (χ3n) is 3.86. The summed E-state index contributed by atoms with van der Waals surface area (Å²) in [5, 5.41) is 0. The van der Waals surface area contributed by atoms with Crippen molar-refractivity contribution in [1.82, 2.24) is 4.98 Å². The highest BCUT2D eigenvalue weighted by molar-refractivity contribution is 5.68. The smallest absolute Gasteiger partial charge is 0.130 e. The van der Waals surface area contributed by atoms with E-state index in [1.165, 1.54) is 30.4 Å². The number of hydrogen-bond donors (Lipinski definition) is 0. The molecular weight excluding hydrogens is 246 g/mol. The SMILES string of the molecule is CCC1C=C(c2ccc(Oc3ccncc3)cc2)CC1. The normalized spacial score (nSPS) is 17.9. The third-order valence-corrected chi connectivity index (χ3v) is 3.86. The van der Waals surface area contributed by atoms with Crippen molar-refractivity contribution in [3.8, 4) is 11.5 Å². The summed E-state index contributed by atoms with van der Waals surface area (Å²) < 4.78 is 5.78. The summed E-state index contributed by atoms with van der Waals surface area (Å²) in [5.74, 6) is 2.45. The number of ether oxygens (including phenoxy) is 1. The van der Waals surface area contributed by atoms with Crippen LogP contribution in [0.15, 0.2) is 54.9 Å². The Kier molecular flexibility index (Phi) is 3.82. The Morgan fingerprint density at radius 2 is 1.75 bits per heavy atom.